The van der Waals surface area contributed by atoms with E-state index in [1.807, 2.05) is 16.5 Å². The highest BCUT2D eigenvalue weighted by Gasteiger charge is 2.25. The van der Waals surface area contributed by atoms with Crippen molar-refractivity contribution in [1.29, 1.82) is 0 Å². The Balaban J connectivity index is 1.85. The molecule has 1 saturated heterocycles. The Morgan fingerprint density at radius 1 is 1.03 bits per heavy atom. The lowest BCUT2D eigenvalue weighted by atomic mass is 10.1. The second-order valence-corrected chi connectivity index (χ2v) is 7.51. The highest BCUT2D eigenvalue weighted by atomic mass is 35.5. The van der Waals surface area contributed by atoms with E-state index in [1.54, 1.807) is 24.3 Å². The van der Waals surface area contributed by atoms with Crippen LogP contribution in [0, 0.1) is 10.1 Å². The standard InChI is InChI=1S/C20H17ClN6O2/c21-13-8-9-14-16(12-13)22-20(25-10-4-1-5-11-25)26-18(14)23-24-19(26)15-6-2-3-7-17(15)27(28)29/h2-3,6-9,12H,1,4-5,10-11H2. The molecule has 0 atom stereocenters. The number of para-hydroxylation sites is 1. The Hall–Kier alpha value is -3.26. The molecule has 1 fully saturated rings. The molecule has 8 nitrogen and oxygen atoms in total. The first-order chi connectivity index (χ1) is 14.1. The van der Waals surface area contributed by atoms with Gasteiger partial charge in [-0.2, -0.15) is 0 Å². The first kappa shape index (κ1) is 17.8. The van der Waals surface area contributed by atoms with E-state index in [2.05, 4.69) is 15.1 Å². The lowest BCUT2D eigenvalue weighted by Crippen LogP contribution is -2.32. The Bertz CT molecular complexity index is 1250. The average Bonchev–Trinajstić information content (AvgIpc) is 3.18. The zero-order chi connectivity index (χ0) is 20.0. The summed E-state index contributed by atoms with van der Waals surface area (Å²) >= 11 is 6.19. The second kappa shape index (κ2) is 6.97. The maximum absolute atomic E-state index is 11.6. The first-order valence-electron chi connectivity index (χ1n) is 9.46. The van der Waals surface area contributed by atoms with E-state index < -0.39 is 4.92 Å². The number of piperidine rings is 1. The van der Waals surface area contributed by atoms with Gasteiger partial charge in [-0.25, -0.2) is 9.38 Å². The number of aromatic nitrogens is 4. The molecule has 5 rings (SSSR count). The Morgan fingerprint density at radius 3 is 2.62 bits per heavy atom. The third kappa shape index (κ3) is 2.96. The number of benzene rings is 2. The molecule has 1 aliphatic rings. The van der Waals surface area contributed by atoms with E-state index in [0.29, 0.717) is 28.0 Å². The third-order valence-electron chi connectivity index (χ3n) is 5.26. The number of fused-ring (bicyclic) bond motifs is 3. The summed E-state index contributed by atoms with van der Waals surface area (Å²) in [6, 6.07) is 12.0. The first-order valence-corrected chi connectivity index (χ1v) is 9.84. The molecule has 4 aromatic rings. The van der Waals surface area contributed by atoms with Crippen molar-refractivity contribution in [1.82, 2.24) is 19.6 Å². The summed E-state index contributed by atoms with van der Waals surface area (Å²) in [6.07, 6.45) is 3.32. The SMILES string of the molecule is O=[N+]([O-])c1ccccc1-c1nnc2c3ccc(Cl)cc3nc(N3CCCCC3)n12. The van der Waals surface area contributed by atoms with E-state index in [9.17, 15) is 10.1 Å². The zero-order valence-corrected chi connectivity index (χ0v) is 16.2. The van der Waals surface area contributed by atoms with Crippen LogP contribution in [0.4, 0.5) is 11.6 Å². The quantitative estimate of drug-likeness (QED) is 0.366. The van der Waals surface area contributed by atoms with Crippen molar-refractivity contribution in [2.75, 3.05) is 18.0 Å². The molecule has 0 N–H and O–H groups in total. The average molecular weight is 409 g/mol. The maximum Gasteiger partial charge on any atom is 0.280 e. The molecule has 0 aliphatic carbocycles. The fourth-order valence-electron chi connectivity index (χ4n) is 3.89. The van der Waals surface area contributed by atoms with Gasteiger partial charge in [-0.1, -0.05) is 23.7 Å². The molecule has 3 heterocycles. The van der Waals surface area contributed by atoms with Crippen molar-refractivity contribution >= 4 is 39.8 Å². The number of nitro benzene ring substituents is 1. The summed E-state index contributed by atoms with van der Waals surface area (Å²) in [6.45, 7) is 1.73. The van der Waals surface area contributed by atoms with Crippen LogP contribution >= 0.6 is 11.6 Å². The lowest BCUT2D eigenvalue weighted by molar-refractivity contribution is -0.384. The van der Waals surface area contributed by atoms with Crippen molar-refractivity contribution in [3.8, 4) is 11.4 Å². The topological polar surface area (TPSA) is 89.5 Å². The minimum atomic E-state index is -0.398. The molecule has 0 amide bonds. The van der Waals surface area contributed by atoms with Crippen LogP contribution in [0.1, 0.15) is 19.3 Å². The monoisotopic (exact) mass is 408 g/mol. The van der Waals surface area contributed by atoms with Gasteiger partial charge in [0.25, 0.3) is 5.69 Å². The number of halogens is 1. The zero-order valence-electron chi connectivity index (χ0n) is 15.5. The predicted octanol–water partition coefficient (Wildman–Crippen LogP) is 4.50. The number of hydrogen-bond donors (Lipinski definition) is 0. The van der Waals surface area contributed by atoms with E-state index in [-0.39, 0.29) is 5.69 Å². The molecular weight excluding hydrogens is 392 g/mol. The summed E-state index contributed by atoms with van der Waals surface area (Å²) in [5, 5.41) is 21.7. The Kier molecular flexibility index (Phi) is 4.28. The van der Waals surface area contributed by atoms with Crippen molar-refractivity contribution in [2.24, 2.45) is 0 Å². The minimum Gasteiger partial charge on any atom is -0.342 e. The predicted molar refractivity (Wildman–Crippen MR) is 111 cm³/mol. The molecule has 146 valence electrons. The van der Waals surface area contributed by atoms with Gasteiger partial charge in [0.2, 0.25) is 5.95 Å². The van der Waals surface area contributed by atoms with Crippen molar-refractivity contribution in [2.45, 2.75) is 19.3 Å². The van der Waals surface area contributed by atoms with E-state index in [4.69, 9.17) is 16.6 Å². The summed E-state index contributed by atoms with van der Waals surface area (Å²) in [5.41, 5.74) is 1.74. The number of rotatable bonds is 3. The van der Waals surface area contributed by atoms with Crippen LogP contribution in [0.5, 0.6) is 0 Å². The number of anilines is 1. The van der Waals surface area contributed by atoms with Crippen LogP contribution < -0.4 is 4.90 Å². The molecule has 9 heteroatoms. The number of nitrogens with zero attached hydrogens (tertiary/aromatic N) is 6. The number of hydrogen-bond acceptors (Lipinski definition) is 6. The number of nitro groups is 1. The highest BCUT2D eigenvalue weighted by Crippen LogP contribution is 2.34. The van der Waals surface area contributed by atoms with Crippen LogP contribution in [0.2, 0.25) is 5.02 Å². The van der Waals surface area contributed by atoms with Gasteiger partial charge in [-0.3, -0.25) is 10.1 Å². The molecule has 2 aromatic heterocycles. The van der Waals surface area contributed by atoms with E-state index >= 15 is 0 Å². The fraction of sp³-hybridized carbons (Fsp3) is 0.250. The molecule has 0 saturated carbocycles. The van der Waals surface area contributed by atoms with E-state index in [1.165, 1.54) is 12.5 Å². The lowest BCUT2D eigenvalue weighted by Gasteiger charge is -2.28. The van der Waals surface area contributed by atoms with Gasteiger partial charge in [0, 0.05) is 29.6 Å². The van der Waals surface area contributed by atoms with Crippen LogP contribution in [0.3, 0.4) is 0 Å². The molecule has 29 heavy (non-hydrogen) atoms. The second-order valence-electron chi connectivity index (χ2n) is 7.08. The van der Waals surface area contributed by atoms with Gasteiger partial charge in [0.15, 0.2) is 11.5 Å². The van der Waals surface area contributed by atoms with Crippen molar-refractivity contribution in [3.05, 3.63) is 57.6 Å². The van der Waals surface area contributed by atoms with Crippen LogP contribution in [-0.2, 0) is 0 Å². The normalized spacial score (nSPS) is 14.6. The van der Waals surface area contributed by atoms with Crippen molar-refractivity contribution < 1.29 is 4.92 Å². The molecule has 0 spiro atoms. The minimum absolute atomic E-state index is 0.0115. The van der Waals surface area contributed by atoms with Crippen LogP contribution in [0.25, 0.3) is 27.9 Å². The van der Waals surface area contributed by atoms with E-state index in [0.717, 1.165) is 36.8 Å². The summed E-state index contributed by atoms with van der Waals surface area (Å²) in [4.78, 5) is 18.3. The fourth-order valence-corrected chi connectivity index (χ4v) is 4.06. The molecule has 0 radical (unpaired) electrons. The molecule has 0 bridgehead atoms. The van der Waals surface area contributed by atoms with Gasteiger partial charge in [-0.15, -0.1) is 10.2 Å². The summed E-state index contributed by atoms with van der Waals surface area (Å²) in [5.74, 6) is 1.10. The Labute approximate surface area is 170 Å². The largest absolute Gasteiger partial charge is 0.342 e. The van der Waals surface area contributed by atoms with Gasteiger partial charge in [-0.05, 0) is 43.5 Å². The summed E-state index contributed by atoms with van der Waals surface area (Å²) < 4.78 is 1.84. The van der Waals surface area contributed by atoms with Gasteiger partial charge < -0.3 is 4.90 Å². The maximum atomic E-state index is 11.6. The van der Waals surface area contributed by atoms with Gasteiger partial charge in [0.1, 0.15) is 0 Å². The van der Waals surface area contributed by atoms with Crippen LogP contribution in [0.15, 0.2) is 42.5 Å². The van der Waals surface area contributed by atoms with Crippen molar-refractivity contribution in [3.63, 3.8) is 0 Å². The third-order valence-corrected chi connectivity index (χ3v) is 5.50. The molecule has 2 aromatic carbocycles. The smallest absolute Gasteiger partial charge is 0.280 e. The van der Waals surface area contributed by atoms with Gasteiger partial charge >= 0.3 is 0 Å². The molecule has 1 aliphatic heterocycles. The Morgan fingerprint density at radius 2 is 1.83 bits per heavy atom. The molecular formula is C20H17ClN6O2. The molecule has 0 unspecified atom stereocenters. The van der Waals surface area contributed by atoms with Crippen LogP contribution in [-0.4, -0.2) is 37.6 Å². The summed E-state index contributed by atoms with van der Waals surface area (Å²) in [7, 11) is 0. The highest BCUT2D eigenvalue weighted by molar-refractivity contribution is 6.31. The van der Waals surface area contributed by atoms with Gasteiger partial charge in [0.05, 0.1) is 16.0 Å².